The van der Waals surface area contributed by atoms with E-state index in [1.807, 2.05) is 29.2 Å². The molecule has 1 amide bonds. The summed E-state index contributed by atoms with van der Waals surface area (Å²) in [5, 5.41) is 2.60. The number of hydrogen-bond donors (Lipinski definition) is 1. The van der Waals surface area contributed by atoms with Crippen LogP contribution in [-0.4, -0.2) is 50.1 Å². The van der Waals surface area contributed by atoms with Crippen molar-refractivity contribution in [3.8, 4) is 5.75 Å². The molecule has 0 radical (unpaired) electrons. The monoisotopic (exact) mass is 407 g/mol. The summed E-state index contributed by atoms with van der Waals surface area (Å²) in [6, 6.07) is 12.0. The Morgan fingerprint density at radius 3 is 2.41 bits per heavy atom. The number of carbonyl (C=O) groups is 1. The Morgan fingerprint density at radius 2 is 1.76 bits per heavy atom. The number of ether oxygens (including phenoxy) is 1. The molecule has 0 bridgehead atoms. The molecule has 1 atom stereocenters. The molecule has 0 saturated carbocycles. The molecule has 1 heterocycles. The molecule has 1 saturated heterocycles. The zero-order valence-corrected chi connectivity index (χ0v) is 16.4. The number of benzene rings is 2. The van der Waals surface area contributed by atoms with Crippen molar-refractivity contribution in [3.05, 3.63) is 54.1 Å². The predicted octanol–water partition coefficient (Wildman–Crippen LogP) is 3.86. The van der Waals surface area contributed by atoms with Crippen LogP contribution in [0.2, 0.25) is 0 Å². The molecule has 8 heteroatoms. The second-order valence-corrected chi connectivity index (χ2v) is 6.94. The highest BCUT2D eigenvalue weighted by molar-refractivity contribution is 5.94. The van der Waals surface area contributed by atoms with E-state index in [-0.39, 0.29) is 11.6 Å². The molecule has 29 heavy (non-hydrogen) atoms. The normalized spacial score (nSPS) is 16.4. The van der Waals surface area contributed by atoms with Gasteiger partial charge in [-0.1, -0.05) is 18.2 Å². The first-order valence-corrected chi connectivity index (χ1v) is 9.39. The fourth-order valence-corrected chi connectivity index (χ4v) is 3.43. The number of halogens is 3. The zero-order valence-electron chi connectivity index (χ0n) is 16.4. The number of nitrogens with one attached hydrogen (secondary N) is 1. The number of rotatable bonds is 5. The summed E-state index contributed by atoms with van der Waals surface area (Å²) in [4.78, 5) is 16.8. The molecule has 0 spiro atoms. The first-order valence-electron chi connectivity index (χ1n) is 9.39. The van der Waals surface area contributed by atoms with Crippen LogP contribution in [0.1, 0.15) is 12.5 Å². The van der Waals surface area contributed by atoms with Crippen molar-refractivity contribution in [2.24, 2.45) is 0 Å². The molecule has 1 fully saturated rings. The van der Waals surface area contributed by atoms with E-state index in [0.717, 1.165) is 36.7 Å². The Bertz CT molecular complexity index is 849. The van der Waals surface area contributed by atoms with E-state index in [2.05, 4.69) is 10.2 Å². The van der Waals surface area contributed by atoms with Crippen LogP contribution in [0.15, 0.2) is 48.5 Å². The van der Waals surface area contributed by atoms with Gasteiger partial charge < -0.3 is 15.0 Å². The summed E-state index contributed by atoms with van der Waals surface area (Å²) in [6.07, 6.45) is -4.44. The molecule has 1 aliphatic heterocycles. The van der Waals surface area contributed by atoms with Gasteiger partial charge in [0.1, 0.15) is 5.75 Å². The van der Waals surface area contributed by atoms with Crippen LogP contribution in [0, 0.1) is 0 Å². The van der Waals surface area contributed by atoms with Crippen LogP contribution in [-0.2, 0) is 11.0 Å². The number of methoxy groups -OCH3 is 1. The van der Waals surface area contributed by atoms with Crippen molar-refractivity contribution in [2.45, 2.75) is 19.1 Å². The van der Waals surface area contributed by atoms with Gasteiger partial charge in [0.25, 0.3) is 0 Å². The van der Waals surface area contributed by atoms with Gasteiger partial charge in [0, 0.05) is 31.9 Å². The van der Waals surface area contributed by atoms with Crippen LogP contribution in [0.4, 0.5) is 24.5 Å². The van der Waals surface area contributed by atoms with Crippen LogP contribution >= 0.6 is 0 Å². The van der Waals surface area contributed by atoms with E-state index < -0.39 is 17.8 Å². The maximum absolute atomic E-state index is 12.9. The molecule has 2 aromatic rings. The van der Waals surface area contributed by atoms with E-state index in [9.17, 15) is 18.0 Å². The molecular weight excluding hydrogens is 383 g/mol. The number of alkyl halides is 3. The van der Waals surface area contributed by atoms with Crippen LogP contribution in [0.5, 0.6) is 5.75 Å². The lowest BCUT2D eigenvalue weighted by atomic mass is 10.1. The molecule has 156 valence electrons. The highest BCUT2D eigenvalue weighted by Gasteiger charge is 2.31. The third kappa shape index (κ3) is 5.00. The smallest absolute Gasteiger partial charge is 0.416 e. The summed E-state index contributed by atoms with van der Waals surface area (Å²) in [5.74, 6) is 0.478. The predicted molar refractivity (Wildman–Crippen MR) is 106 cm³/mol. The lowest BCUT2D eigenvalue weighted by Crippen LogP contribution is -2.52. The van der Waals surface area contributed by atoms with Gasteiger partial charge in [-0.25, -0.2) is 0 Å². The van der Waals surface area contributed by atoms with Gasteiger partial charge in [0.2, 0.25) is 5.91 Å². The van der Waals surface area contributed by atoms with E-state index in [1.165, 1.54) is 12.1 Å². The van der Waals surface area contributed by atoms with Crippen LogP contribution < -0.4 is 15.0 Å². The highest BCUT2D eigenvalue weighted by Crippen LogP contribution is 2.31. The Hall–Kier alpha value is -2.74. The number of hydrogen-bond acceptors (Lipinski definition) is 4. The minimum Gasteiger partial charge on any atom is -0.495 e. The topological polar surface area (TPSA) is 44.8 Å². The Kier molecular flexibility index (Phi) is 6.32. The summed E-state index contributed by atoms with van der Waals surface area (Å²) in [7, 11) is 1.63. The van der Waals surface area contributed by atoms with Gasteiger partial charge in [0.15, 0.2) is 0 Å². The largest absolute Gasteiger partial charge is 0.495 e. The molecular formula is C21H24F3N3O2. The molecule has 0 aromatic heterocycles. The number of nitrogens with zero attached hydrogens (tertiary/aromatic N) is 2. The Morgan fingerprint density at radius 1 is 1.07 bits per heavy atom. The van der Waals surface area contributed by atoms with Gasteiger partial charge in [-0.2, -0.15) is 13.2 Å². The van der Waals surface area contributed by atoms with Gasteiger partial charge in [-0.15, -0.1) is 0 Å². The molecule has 1 N–H and O–H groups in total. The standard InChI is InChI=1S/C21H24F3N3O2/c1-15(20(28)25-17-7-5-6-16(14-17)21(22,23)24)26-10-12-27(13-11-26)18-8-3-4-9-19(18)29-2/h3-9,14-15H,10-13H2,1-2H3,(H,25,28)/t15-/m1/s1. The van der Waals surface area contributed by atoms with Crippen molar-refractivity contribution in [3.63, 3.8) is 0 Å². The molecule has 0 aliphatic carbocycles. The highest BCUT2D eigenvalue weighted by atomic mass is 19.4. The van der Waals surface area contributed by atoms with Gasteiger partial charge in [0.05, 0.1) is 24.4 Å². The molecule has 1 aliphatic rings. The maximum Gasteiger partial charge on any atom is 0.416 e. The minimum atomic E-state index is -4.44. The number of piperazine rings is 1. The quantitative estimate of drug-likeness (QED) is 0.818. The minimum absolute atomic E-state index is 0.143. The third-order valence-electron chi connectivity index (χ3n) is 5.12. The summed E-state index contributed by atoms with van der Waals surface area (Å²) < 4.78 is 44.0. The summed E-state index contributed by atoms with van der Waals surface area (Å²) in [6.45, 7) is 4.54. The first-order chi connectivity index (χ1) is 13.8. The lowest BCUT2D eigenvalue weighted by molar-refractivity contribution is -0.137. The van der Waals surface area contributed by atoms with E-state index in [4.69, 9.17) is 4.74 Å². The zero-order chi connectivity index (χ0) is 21.0. The van der Waals surface area contributed by atoms with E-state index in [1.54, 1.807) is 14.0 Å². The van der Waals surface area contributed by atoms with Crippen molar-refractivity contribution < 1.29 is 22.7 Å². The van der Waals surface area contributed by atoms with Crippen LogP contribution in [0.3, 0.4) is 0 Å². The first kappa shape index (κ1) is 21.0. The van der Waals surface area contributed by atoms with Gasteiger partial charge in [-0.05, 0) is 37.3 Å². The summed E-state index contributed by atoms with van der Waals surface area (Å²) >= 11 is 0. The summed E-state index contributed by atoms with van der Waals surface area (Å²) in [5.41, 5.74) is 0.369. The van der Waals surface area contributed by atoms with Crippen molar-refractivity contribution >= 4 is 17.3 Å². The Balaban J connectivity index is 1.59. The van der Waals surface area contributed by atoms with Gasteiger partial charge >= 0.3 is 6.18 Å². The van der Waals surface area contributed by atoms with E-state index >= 15 is 0 Å². The average molecular weight is 407 g/mol. The number of para-hydroxylation sites is 2. The van der Waals surface area contributed by atoms with Crippen molar-refractivity contribution in [1.29, 1.82) is 0 Å². The number of amides is 1. The lowest BCUT2D eigenvalue weighted by Gasteiger charge is -2.38. The van der Waals surface area contributed by atoms with Crippen molar-refractivity contribution in [1.82, 2.24) is 4.90 Å². The second-order valence-electron chi connectivity index (χ2n) is 6.94. The fraction of sp³-hybridized carbons (Fsp3) is 0.381. The fourth-order valence-electron chi connectivity index (χ4n) is 3.43. The number of anilines is 2. The molecule has 5 nitrogen and oxygen atoms in total. The number of carbonyl (C=O) groups excluding carboxylic acids is 1. The van der Waals surface area contributed by atoms with Gasteiger partial charge in [-0.3, -0.25) is 9.69 Å². The molecule has 3 rings (SSSR count). The SMILES string of the molecule is COc1ccccc1N1CCN([C@H](C)C(=O)Nc2cccc(C(F)(F)F)c2)CC1. The molecule has 0 unspecified atom stereocenters. The second kappa shape index (κ2) is 8.73. The average Bonchev–Trinajstić information content (AvgIpc) is 2.73. The van der Waals surface area contributed by atoms with Crippen molar-refractivity contribution in [2.75, 3.05) is 43.5 Å². The van der Waals surface area contributed by atoms with Crippen LogP contribution in [0.25, 0.3) is 0 Å². The maximum atomic E-state index is 12.9. The van der Waals surface area contributed by atoms with E-state index in [0.29, 0.717) is 13.1 Å². The molecule has 2 aromatic carbocycles. The Labute approximate surface area is 168 Å². The third-order valence-corrected chi connectivity index (χ3v) is 5.12.